The van der Waals surface area contributed by atoms with Gasteiger partial charge in [-0.1, -0.05) is 6.07 Å². The van der Waals surface area contributed by atoms with Crippen LogP contribution in [0.3, 0.4) is 0 Å². The Bertz CT molecular complexity index is 485. The van der Waals surface area contributed by atoms with Crippen LogP contribution in [-0.4, -0.2) is 43.8 Å². The fourth-order valence-corrected chi connectivity index (χ4v) is 2.56. The van der Waals surface area contributed by atoms with Gasteiger partial charge in [0.2, 0.25) is 0 Å². The van der Waals surface area contributed by atoms with Crippen LogP contribution in [0.15, 0.2) is 28.0 Å². The van der Waals surface area contributed by atoms with Crippen molar-refractivity contribution in [2.24, 2.45) is 0 Å². The van der Waals surface area contributed by atoms with Gasteiger partial charge < -0.3 is 0 Å². The summed E-state index contributed by atoms with van der Waals surface area (Å²) < 4.78 is 22.1. The Morgan fingerprint density at radius 2 is 1.93 bits per heavy atom. The second kappa shape index (κ2) is 5.70. The number of rotatable bonds is 2. The molecule has 1 aromatic carbocycles. The first-order chi connectivity index (χ1) is 6.32. The van der Waals surface area contributed by atoms with Crippen LogP contribution in [0.5, 0.6) is 0 Å². The van der Waals surface area contributed by atoms with Crippen LogP contribution in [0.2, 0.25) is 0 Å². The van der Waals surface area contributed by atoms with Gasteiger partial charge >= 0.3 is 0 Å². The van der Waals surface area contributed by atoms with E-state index in [0.717, 1.165) is 0 Å². The molecule has 0 spiro atoms. The minimum Gasteiger partial charge on any atom is -0.295 e. The molecule has 0 aromatic heterocycles. The SMILES string of the molecule is CC(=O)c1ccc(S)c(S(=O)(=O)Cl)c1.[Na]. The number of Topliss-reactive ketones (excluding diaryl/α,β-unsaturated/α-hetero) is 1. The van der Waals surface area contributed by atoms with Gasteiger partial charge in [-0.05, 0) is 19.1 Å². The molecule has 0 unspecified atom stereocenters. The summed E-state index contributed by atoms with van der Waals surface area (Å²) in [6.07, 6.45) is 0. The fourth-order valence-electron chi connectivity index (χ4n) is 0.928. The molecule has 0 aliphatic rings. The van der Waals surface area contributed by atoms with Crippen molar-refractivity contribution in [2.45, 2.75) is 16.7 Å². The van der Waals surface area contributed by atoms with Crippen molar-refractivity contribution < 1.29 is 13.2 Å². The van der Waals surface area contributed by atoms with E-state index in [1.165, 1.54) is 25.1 Å². The number of halogens is 1. The van der Waals surface area contributed by atoms with Crippen molar-refractivity contribution in [3.05, 3.63) is 23.8 Å². The van der Waals surface area contributed by atoms with Gasteiger partial charge in [-0.25, -0.2) is 8.42 Å². The van der Waals surface area contributed by atoms with Crippen molar-refractivity contribution in [1.29, 1.82) is 0 Å². The van der Waals surface area contributed by atoms with E-state index < -0.39 is 9.05 Å². The molecular formula is C8H7ClNaO3S2. The van der Waals surface area contributed by atoms with Gasteiger partial charge in [0.25, 0.3) is 9.05 Å². The Hall–Kier alpha value is 0.480. The molecule has 0 N–H and O–H groups in total. The number of hydrogen-bond acceptors (Lipinski definition) is 4. The average Bonchev–Trinajstić information content (AvgIpc) is 2.02. The van der Waals surface area contributed by atoms with Crippen molar-refractivity contribution in [2.75, 3.05) is 0 Å². The Balaban J connectivity index is 0.00000196. The number of carbonyl (C=O) groups excluding carboxylic acids is 1. The molecule has 3 nitrogen and oxygen atoms in total. The van der Waals surface area contributed by atoms with E-state index >= 15 is 0 Å². The molecule has 0 atom stereocenters. The van der Waals surface area contributed by atoms with Gasteiger partial charge in [0.05, 0.1) is 4.90 Å². The first kappa shape index (κ1) is 15.5. The first-order valence-electron chi connectivity index (χ1n) is 3.61. The summed E-state index contributed by atoms with van der Waals surface area (Å²) in [6, 6.07) is 4.14. The topological polar surface area (TPSA) is 51.2 Å². The maximum atomic E-state index is 11.0. The molecule has 1 radical (unpaired) electrons. The van der Waals surface area contributed by atoms with E-state index in [-0.39, 0.29) is 45.1 Å². The van der Waals surface area contributed by atoms with Crippen LogP contribution in [0.25, 0.3) is 0 Å². The zero-order valence-corrected chi connectivity index (χ0v) is 12.7. The van der Waals surface area contributed by atoms with E-state index in [1.54, 1.807) is 0 Å². The first-order valence-corrected chi connectivity index (χ1v) is 6.36. The van der Waals surface area contributed by atoms with Gasteiger partial charge in [0.1, 0.15) is 0 Å². The van der Waals surface area contributed by atoms with E-state index in [9.17, 15) is 13.2 Å². The third-order valence-corrected chi connectivity index (χ3v) is 3.53. The summed E-state index contributed by atoms with van der Waals surface area (Å²) in [6.45, 7) is 1.35. The van der Waals surface area contributed by atoms with Gasteiger partial charge in [-0.15, -0.1) is 12.6 Å². The summed E-state index contributed by atoms with van der Waals surface area (Å²) >= 11 is 3.93. The molecule has 15 heavy (non-hydrogen) atoms. The average molecular weight is 274 g/mol. The van der Waals surface area contributed by atoms with Crippen molar-refractivity contribution in [3.63, 3.8) is 0 Å². The van der Waals surface area contributed by atoms with Crippen molar-refractivity contribution >= 4 is 67.7 Å². The molecule has 0 aliphatic carbocycles. The molecule has 7 heteroatoms. The summed E-state index contributed by atoms with van der Waals surface area (Å²) in [5.74, 6) is -0.222. The summed E-state index contributed by atoms with van der Waals surface area (Å²) in [7, 11) is 1.31. The number of hydrogen-bond donors (Lipinski definition) is 1. The molecule has 0 saturated carbocycles. The van der Waals surface area contributed by atoms with Gasteiger partial charge in [0, 0.05) is 50.7 Å². The quantitative estimate of drug-likeness (QED) is 0.386. The molecule has 0 amide bonds. The molecule has 0 bridgehead atoms. The monoisotopic (exact) mass is 273 g/mol. The van der Waals surface area contributed by atoms with E-state index in [2.05, 4.69) is 12.6 Å². The fraction of sp³-hybridized carbons (Fsp3) is 0.125. The zero-order valence-electron chi connectivity index (χ0n) is 8.19. The molecule has 1 rings (SSSR count). The maximum Gasteiger partial charge on any atom is 0.262 e. The van der Waals surface area contributed by atoms with Crippen LogP contribution in [-0.2, 0) is 9.05 Å². The molecule has 0 saturated heterocycles. The summed E-state index contributed by atoms with van der Waals surface area (Å²) in [4.78, 5) is 11.1. The molecule has 0 fully saturated rings. The van der Waals surface area contributed by atoms with Crippen LogP contribution in [0.4, 0.5) is 0 Å². The maximum absolute atomic E-state index is 11.0. The van der Waals surface area contributed by atoms with Crippen molar-refractivity contribution in [3.8, 4) is 0 Å². The largest absolute Gasteiger partial charge is 0.295 e. The predicted octanol–water partition coefficient (Wildman–Crippen LogP) is 1.72. The van der Waals surface area contributed by atoms with Crippen LogP contribution >= 0.6 is 23.3 Å². The Labute approximate surface area is 120 Å². The molecular weight excluding hydrogens is 267 g/mol. The second-order valence-corrected chi connectivity index (χ2v) is 5.69. The summed E-state index contributed by atoms with van der Waals surface area (Å²) in [5, 5.41) is 0. The Kier molecular flexibility index (Phi) is 5.89. The third-order valence-electron chi connectivity index (χ3n) is 1.63. The number of benzene rings is 1. The standard InChI is InChI=1S/C8H7ClO3S2.Na/c1-5(10)6-2-3-7(13)8(4-6)14(9,11)12;/h2-4,13H,1H3;. The van der Waals surface area contributed by atoms with Gasteiger partial charge in [-0.3, -0.25) is 4.79 Å². The molecule has 1 aromatic rings. The zero-order chi connectivity index (χ0) is 10.9. The van der Waals surface area contributed by atoms with E-state index in [0.29, 0.717) is 5.56 Å². The normalized spacial score (nSPS) is 10.6. The van der Waals surface area contributed by atoms with E-state index in [4.69, 9.17) is 10.7 Å². The predicted molar refractivity (Wildman–Crippen MR) is 62.5 cm³/mol. The minimum absolute atomic E-state index is 0. The Morgan fingerprint density at radius 3 is 2.33 bits per heavy atom. The van der Waals surface area contributed by atoms with Gasteiger partial charge in [0.15, 0.2) is 5.78 Å². The third kappa shape index (κ3) is 4.09. The van der Waals surface area contributed by atoms with E-state index in [1.807, 2.05) is 0 Å². The number of thiol groups is 1. The Morgan fingerprint density at radius 1 is 1.40 bits per heavy atom. The van der Waals surface area contributed by atoms with Crippen LogP contribution < -0.4 is 0 Å². The molecule has 77 valence electrons. The minimum atomic E-state index is -3.85. The van der Waals surface area contributed by atoms with Crippen LogP contribution in [0.1, 0.15) is 17.3 Å². The second-order valence-electron chi connectivity index (χ2n) is 2.68. The number of ketones is 1. The van der Waals surface area contributed by atoms with Crippen molar-refractivity contribution in [1.82, 2.24) is 0 Å². The smallest absolute Gasteiger partial charge is 0.262 e. The molecule has 0 aliphatic heterocycles. The summed E-state index contributed by atoms with van der Waals surface area (Å²) in [5.41, 5.74) is 0.294. The number of carbonyl (C=O) groups is 1. The van der Waals surface area contributed by atoms with Gasteiger partial charge in [-0.2, -0.15) is 0 Å². The molecule has 0 heterocycles. The van der Waals surface area contributed by atoms with Crippen LogP contribution in [0, 0.1) is 0 Å².